The van der Waals surface area contributed by atoms with Crippen molar-refractivity contribution in [1.29, 1.82) is 0 Å². The summed E-state index contributed by atoms with van der Waals surface area (Å²) in [6, 6.07) is 8.34. The number of fused-ring (bicyclic) bond motifs is 1. The molecule has 1 heterocycles. The summed E-state index contributed by atoms with van der Waals surface area (Å²) in [5.74, 6) is 0.956. The summed E-state index contributed by atoms with van der Waals surface area (Å²) in [7, 11) is 0. The van der Waals surface area contributed by atoms with Gasteiger partial charge in [0.05, 0.1) is 0 Å². The third-order valence-electron chi connectivity index (χ3n) is 3.67. The van der Waals surface area contributed by atoms with Gasteiger partial charge in [-0.15, -0.1) is 0 Å². The first-order valence-electron chi connectivity index (χ1n) is 6.83. The van der Waals surface area contributed by atoms with E-state index in [-0.39, 0.29) is 6.04 Å². The Bertz CT molecular complexity index is 615. The summed E-state index contributed by atoms with van der Waals surface area (Å²) in [5, 5.41) is 0. The Labute approximate surface area is 127 Å². The first-order chi connectivity index (χ1) is 9.74. The average molecular weight is 333 g/mol. The maximum atomic E-state index is 6.17. The van der Waals surface area contributed by atoms with Crippen LogP contribution in [-0.2, 0) is 13.0 Å². The molecule has 0 aliphatic heterocycles. The Kier molecular flexibility index (Phi) is 4.03. The third kappa shape index (κ3) is 2.86. The molecule has 2 N–H and O–H groups in total. The van der Waals surface area contributed by atoms with E-state index in [0.29, 0.717) is 6.61 Å². The molecule has 1 aliphatic rings. The van der Waals surface area contributed by atoms with Crippen LogP contribution < -0.4 is 10.5 Å². The van der Waals surface area contributed by atoms with Gasteiger partial charge in [0.1, 0.15) is 12.4 Å². The van der Waals surface area contributed by atoms with Gasteiger partial charge in [0.25, 0.3) is 0 Å². The lowest BCUT2D eigenvalue weighted by Gasteiger charge is -2.24. The van der Waals surface area contributed by atoms with Gasteiger partial charge in [-0.05, 0) is 58.5 Å². The maximum Gasteiger partial charge on any atom is 0.123 e. The van der Waals surface area contributed by atoms with Crippen LogP contribution in [0, 0.1) is 0 Å². The molecule has 0 saturated carbocycles. The van der Waals surface area contributed by atoms with Gasteiger partial charge in [0.2, 0.25) is 0 Å². The summed E-state index contributed by atoms with van der Waals surface area (Å²) in [6.07, 6.45) is 6.84. The van der Waals surface area contributed by atoms with Crippen LogP contribution in [0.2, 0.25) is 0 Å². The van der Waals surface area contributed by atoms with Crippen molar-refractivity contribution in [2.24, 2.45) is 5.73 Å². The lowest BCUT2D eigenvalue weighted by Crippen LogP contribution is -2.18. The van der Waals surface area contributed by atoms with Crippen LogP contribution in [0.5, 0.6) is 5.75 Å². The van der Waals surface area contributed by atoms with E-state index in [1.54, 1.807) is 6.20 Å². The van der Waals surface area contributed by atoms with Gasteiger partial charge in [-0.1, -0.05) is 12.1 Å². The van der Waals surface area contributed by atoms with Crippen molar-refractivity contribution < 1.29 is 4.74 Å². The zero-order valence-corrected chi connectivity index (χ0v) is 12.8. The van der Waals surface area contributed by atoms with Gasteiger partial charge in [0, 0.05) is 28.5 Å². The van der Waals surface area contributed by atoms with Crippen LogP contribution in [0.1, 0.15) is 35.6 Å². The number of aromatic nitrogens is 1. The summed E-state index contributed by atoms with van der Waals surface area (Å²) in [4.78, 5) is 4.15. The van der Waals surface area contributed by atoms with Gasteiger partial charge in [0.15, 0.2) is 0 Å². The second kappa shape index (κ2) is 5.94. The van der Waals surface area contributed by atoms with E-state index in [0.717, 1.165) is 35.0 Å². The molecule has 0 spiro atoms. The number of nitrogens with zero attached hydrogens (tertiary/aromatic N) is 1. The standard InChI is InChI=1S/C16H17BrN2O/c17-12-7-11(8-19-9-12)10-20-16-6-2-3-13-14(16)4-1-5-15(13)18/h2-3,6-9,15H,1,4-5,10,18H2. The molecule has 0 saturated heterocycles. The summed E-state index contributed by atoms with van der Waals surface area (Å²) in [5.41, 5.74) is 9.73. The fourth-order valence-corrected chi connectivity index (χ4v) is 3.10. The Hall–Kier alpha value is -1.39. The second-order valence-electron chi connectivity index (χ2n) is 5.12. The fraction of sp³-hybridized carbons (Fsp3) is 0.312. The molecule has 0 fully saturated rings. The summed E-state index contributed by atoms with van der Waals surface area (Å²) < 4.78 is 6.95. The highest BCUT2D eigenvalue weighted by atomic mass is 79.9. The minimum absolute atomic E-state index is 0.148. The quantitative estimate of drug-likeness (QED) is 0.930. The smallest absolute Gasteiger partial charge is 0.123 e. The van der Waals surface area contributed by atoms with Crippen LogP contribution in [0.15, 0.2) is 41.1 Å². The number of hydrogen-bond acceptors (Lipinski definition) is 3. The van der Waals surface area contributed by atoms with E-state index in [4.69, 9.17) is 10.5 Å². The summed E-state index contributed by atoms with van der Waals surface area (Å²) in [6.45, 7) is 0.526. The van der Waals surface area contributed by atoms with E-state index in [2.05, 4.69) is 27.0 Å². The molecule has 1 unspecified atom stereocenters. The molecule has 3 rings (SSSR count). The Morgan fingerprint density at radius 1 is 1.35 bits per heavy atom. The van der Waals surface area contributed by atoms with Crippen molar-refractivity contribution >= 4 is 15.9 Å². The predicted octanol–water partition coefficient (Wildman–Crippen LogP) is 3.76. The van der Waals surface area contributed by atoms with E-state index in [1.807, 2.05) is 24.4 Å². The van der Waals surface area contributed by atoms with Gasteiger partial charge < -0.3 is 10.5 Å². The van der Waals surface area contributed by atoms with Gasteiger partial charge in [-0.25, -0.2) is 0 Å². The van der Waals surface area contributed by atoms with Gasteiger partial charge in [-0.2, -0.15) is 0 Å². The SMILES string of the molecule is NC1CCCc2c(OCc3cncc(Br)c3)cccc21. The first kappa shape index (κ1) is 13.6. The third-order valence-corrected chi connectivity index (χ3v) is 4.10. The van der Waals surface area contributed by atoms with Crippen LogP contribution >= 0.6 is 15.9 Å². The minimum Gasteiger partial charge on any atom is -0.489 e. The molecular formula is C16H17BrN2O. The summed E-state index contributed by atoms with van der Waals surface area (Å²) >= 11 is 3.42. The fourth-order valence-electron chi connectivity index (χ4n) is 2.68. The van der Waals surface area contributed by atoms with Crippen molar-refractivity contribution in [2.75, 3.05) is 0 Å². The normalized spacial score (nSPS) is 17.6. The molecule has 3 nitrogen and oxygen atoms in total. The van der Waals surface area contributed by atoms with Crippen LogP contribution in [-0.4, -0.2) is 4.98 Å². The van der Waals surface area contributed by atoms with Crippen molar-refractivity contribution in [3.05, 3.63) is 57.8 Å². The van der Waals surface area contributed by atoms with E-state index < -0.39 is 0 Å². The zero-order valence-electron chi connectivity index (χ0n) is 11.2. The van der Waals surface area contributed by atoms with E-state index >= 15 is 0 Å². The molecule has 1 atom stereocenters. The van der Waals surface area contributed by atoms with E-state index in [9.17, 15) is 0 Å². The molecule has 0 radical (unpaired) electrons. The number of benzene rings is 1. The van der Waals surface area contributed by atoms with Crippen molar-refractivity contribution in [3.63, 3.8) is 0 Å². The lowest BCUT2D eigenvalue weighted by molar-refractivity contribution is 0.300. The highest BCUT2D eigenvalue weighted by molar-refractivity contribution is 9.10. The zero-order chi connectivity index (χ0) is 13.9. The highest BCUT2D eigenvalue weighted by Gasteiger charge is 2.19. The lowest BCUT2D eigenvalue weighted by atomic mass is 9.87. The number of nitrogens with two attached hydrogens (primary N) is 1. The van der Waals surface area contributed by atoms with Crippen LogP contribution in [0.25, 0.3) is 0 Å². The number of ether oxygens (including phenoxy) is 1. The molecule has 104 valence electrons. The van der Waals surface area contributed by atoms with E-state index in [1.165, 1.54) is 11.1 Å². The van der Waals surface area contributed by atoms with Gasteiger partial charge in [-0.3, -0.25) is 4.98 Å². The maximum absolute atomic E-state index is 6.17. The van der Waals surface area contributed by atoms with Crippen LogP contribution in [0.4, 0.5) is 0 Å². The minimum atomic E-state index is 0.148. The number of pyridine rings is 1. The number of halogens is 1. The largest absolute Gasteiger partial charge is 0.489 e. The first-order valence-corrected chi connectivity index (χ1v) is 7.63. The molecule has 4 heteroatoms. The van der Waals surface area contributed by atoms with Gasteiger partial charge >= 0.3 is 0 Å². The number of rotatable bonds is 3. The Balaban J connectivity index is 1.80. The molecule has 1 aliphatic carbocycles. The van der Waals surface area contributed by atoms with Crippen molar-refractivity contribution in [2.45, 2.75) is 31.9 Å². The second-order valence-corrected chi connectivity index (χ2v) is 6.04. The molecule has 2 aromatic rings. The molecular weight excluding hydrogens is 316 g/mol. The molecule has 1 aromatic heterocycles. The highest BCUT2D eigenvalue weighted by Crippen LogP contribution is 2.34. The molecule has 1 aromatic carbocycles. The topological polar surface area (TPSA) is 48.1 Å². The Morgan fingerprint density at radius 2 is 2.25 bits per heavy atom. The molecule has 0 amide bonds. The van der Waals surface area contributed by atoms with Crippen LogP contribution in [0.3, 0.4) is 0 Å². The predicted molar refractivity (Wildman–Crippen MR) is 82.6 cm³/mol. The van der Waals surface area contributed by atoms with Crippen molar-refractivity contribution in [1.82, 2.24) is 4.98 Å². The number of hydrogen-bond donors (Lipinski definition) is 1. The molecule has 20 heavy (non-hydrogen) atoms. The van der Waals surface area contributed by atoms with Crippen molar-refractivity contribution in [3.8, 4) is 5.75 Å². The Morgan fingerprint density at radius 3 is 3.10 bits per heavy atom. The monoisotopic (exact) mass is 332 g/mol. The molecule has 0 bridgehead atoms. The average Bonchev–Trinajstić information content (AvgIpc) is 2.46.